The Hall–Kier alpha value is -2.10. The minimum Gasteiger partial charge on any atom is -0.350 e. The van der Waals surface area contributed by atoms with Crippen LogP contribution >= 0.6 is 0 Å². The molecular weight excluding hydrogens is 214 g/mol. The zero-order valence-corrected chi connectivity index (χ0v) is 9.34. The van der Waals surface area contributed by atoms with Crippen molar-refractivity contribution in [1.82, 2.24) is 14.7 Å². The Kier molecular flexibility index (Phi) is 2.40. The van der Waals surface area contributed by atoms with Crippen LogP contribution in [0.15, 0.2) is 36.7 Å². The van der Waals surface area contributed by atoms with E-state index in [2.05, 4.69) is 10.3 Å². The first kappa shape index (κ1) is 10.1. The number of hydrogen-bond donors (Lipinski definition) is 1. The van der Waals surface area contributed by atoms with Crippen LogP contribution in [0.25, 0.3) is 11.7 Å². The molecule has 3 rings (SSSR count). The van der Waals surface area contributed by atoms with Crippen LogP contribution in [0.4, 0.5) is 0 Å². The lowest BCUT2D eigenvalue weighted by Crippen LogP contribution is -2.22. The van der Waals surface area contributed by atoms with E-state index < -0.39 is 0 Å². The fourth-order valence-electron chi connectivity index (χ4n) is 1.71. The summed E-state index contributed by atoms with van der Waals surface area (Å²) >= 11 is 0. The number of carbonyl (C=O) groups excluding carboxylic acids is 1. The van der Waals surface area contributed by atoms with Crippen molar-refractivity contribution in [2.75, 3.05) is 0 Å². The standard InChI is InChI=1S/C13H13N3O/c17-13(15-10-4-5-10)7-6-11-9-14-12-3-1-2-8-16(11)12/h1-3,6-10H,4-5H2,(H,15,17)/b7-6+. The van der Waals surface area contributed by atoms with Gasteiger partial charge in [0.1, 0.15) is 5.65 Å². The average Bonchev–Trinajstić information content (AvgIpc) is 3.06. The third-order valence-corrected chi connectivity index (χ3v) is 2.77. The number of nitrogens with zero attached hydrogens (tertiary/aromatic N) is 2. The lowest BCUT2D eigenvalue weighted by molar-refractivity contribution is -0.116. The fraction of sp³-hybridized carbons (Fsp3) is 0.231. The van der Waals surface area contributed by atoms with Crippen LogP contribution in [0.5, 0.6) is 0 Å². The highest BCUT2D eigenvalue weighted by Crippen LogP contribution is 2.18. The van der Waals surface area contributed by atoms with Gasteiger partial charge in [-0.15, -0.1) is 0 Å². The van der Waals surface area contributed by atoms with E-state index in [0.29, 0.717) is 6.04 Å². The molecule has 0 spiro atoms. The normalized spacial score (nSPS) is 15.5. The molecule has 0 bridgehead atoms. The van der Waals surface area contributed by atoms with Crippen LogP contribution in [-0.4, -0.2) is 21.3 Å². The Bertz CT molecular complexity index is 581. The highest BCUT2D eigenvalue weighted by atomic mass is 16.1. The van der Waals surface area contributed by atoms with Crippen molar-refractivity contribution < 1.29 is 4.79 Å². The Morgan fingerprint density at radius 1 is 1.47 bits per heavy atom. The Balaban J connectivity index is 1.79. The van der Waals surface area contributed by atoms with Gasteiger partial charge in [-0.25, -0.2) is 4.98 Å². The largest absolute Gasteiger partial charge is 0.350 e. The maximum atomic E-state index is 11.5. The quantitative estimate of drug-likeness (QED) is 0.810. The van der Waals surface area contributed by atoms with Gasteiger partial charge in [0, 0.05) is 18.3 Å². The molecule has 0 radical (unpaired) electrons. The molecule has 2 aromatic rings. The lowest BCUT2D eigenvalue weighted by atomic mass is 10.3. The van der Waals surface area contributed by atoms with Crippen molar-refractivity contribution >= 4 is 17.6 Å². The van der Waals surface area contributed by atoms with Gasteiger partial charge in [0.25, 0.3) is 0 Å². The van der Waals surface area contributed by atoms with Crippen LogP contribution in [0.1, 0.15) is 18.5 Å². The second kappa shape index (κ2) is 4.05. The lowest BCUT2D eigenvalue weighted by Gasteiger charge is -1.97. The number of fused-ring (bicyclic) bond motifs is 1. The first-order valence-corrected chi connectivity index (χ1v) is 5.73. The molecule has 17 heavy (non-hydrogen) atoms. The summed E-state index contributed by atoms with van der Waals surface area (Å²) in [5, 5.41) is 2.91. The summed E-state index contributed by atoms with van der Waals surface area (Å²) in [7, 11) is 0. The van der Waals surface area contributed by atoms with Crippen LogP contribution in [0.2, 0.25) is 0 Å². The van der Waals surface area contributed by atoms with Gasteiger partial charge in [-0.3, -0.25) is 4.79 Å². The molecule has 1 fully saturated rings. The third kappa shape index (κ3) is 2.20. The van der Waals surface area contributed by atoms with E-state index in [4.69, 9.17) is 0 Å². The van der Waals surface area contributed by atoms with Gasteiger partial charge in [-0.1, -0.05) is 6.07 Å². The van der Waals surface area contributed by atoms with Crippen LogP contribution in [0.3, 0.4) is 0 Å². The molecule has 2 aromatic heterocycles. The Morgan fingerprint density at radius 2 is 2.35 bits per heavy atom. The maximum Gasteiger partial charge on any atom is 0.244 e. The van der Waals surface area contributed by atoms with E-state index in [1.54, 1.807) is 18.3 Å². The van der Waals surface area contributed by atoms with Gasteiger partial charge in [0.2, 0.25) is 5.91 Å². The van der Waals surface area contributed by atoms with Crippen LogP contribution in [0, 0.1) is 0 Å². The minimum atomic E-state index is -0.0293. The summed E-state index contributed by atoms with van der Waals surface area (Å²) in [6, 6.07) is 6.21. The number of carbonyl (C=O) groups is 1. The molecule has 1 amide bonds. The summed E-state index contributed by atoms with van der Waals surface area (Å²) in [6.45, 7) is 0. The first-order valence-electron chi connectivity index (χ1n) is 5.73. The summed E-state index contributed by atoms with van der Waals surface area (Å²) in [4.78, 5) is 15.7. The van der Waals surface area contributed by atoms with Crippen molar-refractivity contribution in [2.24, 2.45) is 0 Å². The van der Waals surface area contributed by atoms with Gasteiger partial charge < -0.3 is 9.72 Å². The number of rotatable bonds is 3. The van der Waals surface area contributed by atoms with Crippen LogP contribution in [-0.2, 0) is 4.79 Å². The molecule has 1 N–H and O–H groups in total. The van der Waals surface area contributed by atoms with Gasteiger partial charge in [-0.05, 0) is 31.1 Å². The summed E-state index contributed by atoms with van der Waals surface area (Å²) in [5.74, 6) is -0.0293. The van der Waals surface area contributed by atoms with Gasteiger partial charge in [0.15, 0.2) is 0 Å². The SMILES string of the molecule is O=C(/C=C/c1cnc2ccccn12)NC1CC1. The van der Waals surface area contributed by atoms with Gasteiger partial charge in [-0.2, -0.15) is 0 Å². The average molecular weight is 227 g/mol. The van der Waals surface area contributed by atoms with E-state index >= 15 is 0 Å². The number of nitrogens with one attached hydrogen (secondary N) is 1. The van der Waals surface area contributed by atoms with Crippen molar-refractivity contribution in [2.45, 2.75) is 18.9 Å². The van der Waals surface area contributed by atoms with Crippen molar-refractivity contribution in [3.8, 4) is 0 Å². The topological polar surface area (TPSA) is 46.4 Å². The molecule has 1 saturated carbocycles. The molecule has 0 unspecified atom stereocenters. The molecule has 0 aromatic carbocycles. The first-order chi connectivity index (χ1) is 8.33. The van der Waals surface area contributed by atoms with Crippen molar-refractivity contribution in [3.05, 3.63) is 42.4 Å². The fourth-order valence-corrected chi connectivity index (χ4v) is 1.71. The number of amides is 1. The molecule has 4 heteroatoms. The predicted molar refractivity (Wildman–Crippen MR) is 65.4 cm³/mol. The van der Waals surface area contributed by atoms with E-state index in [1.807, 2.05) is 28.8 Å². The summed E-state index contributed by atoms with van der Waals surface area (Å²) in [5.41, 5.74) is 1.79. The smallest absolute Gasteiger partial charge is 0.244 e. The number of pyridine rings is 1. The summed E-state index contributed by atoms with van der Waals surface area (Å²) < 4.78 is 1.95. The number of imidazole rings is 1. The second-order valence-corrected chi connectivity index (χ2v) is 4.23. The third-order valence-electron chi connectivity index (χ3n) is 2.77. The van der Waals surface area contributed by atoms with E-state index in [1.165, 1.54) is 0 Å². The zero-order valence-electron chi connectivity index (χ0n) is 9.34. The van der Waals surface area contributed by atoms with E-state index in [0.717, 1.165) is 24.2 Å². The van der Waals surface area contributed by atoms with Gasteiger partial charge in [0.05, 0.1) is 11.9 Å². The molecule has 0 saturated heterocycles. The highest BCUT2D eigenvalue weighted by Gasteiger charge is 2.22. The van der Waals surface area contributed by atoms with E-state index in [9.17, 15) is 4.79 Å². The summed E-state index contributed by atoms with van der Waals surface area (Å²) in [6.07, 6.45) is 9.26. The minimum absolute atomic E-state index is 0.0293. The van der Waals surface area contributed by atoms with E-state index in [-0.39, 0.29) is 5.91 Å². The van der Waals surface area contributed by atoms with Crippen molar-refractivity contribution in [3.63, 3.8) is 0 Å². The number of hydrogen-bond acceptors (Lipinski definition) is 2. The molecule has 0 atom stereocenters. The monoisotopic (exact) mass is 227 g/mol. The van der Waals surface area contributed by atoms with Crippen molar-refractivity contribution in [1.29, 1.82) is 0 Å². The zero-order chi connectivity index (χ0) is 11.7. The molecule has 4 nitrogen and oxygen atoms in total. The molecule has 0 aliphatic heterocycles. The number of aromatic nitrogens is 2. The molecule has 2 heterocycles. The van der Waals surface area contributed by atoms with Gasteiger partial charge >= 0.3 is 0 Å². The molecule has 1 aliphatic carbocycles. The Labute approximate surface area is 99.0 Å². The molecule has 86 valence electrons. The Morgan fingerprint density at radius 3 is 3.18 bits per heavy atom. The van der Waals surface area contributed by atoms with Crippen LogP contribution < -0.4 is 5.32 Å². The predicted octanol–water partition coefficient (Wildman–Crippen LogP) is 1.63. The second-order valence-electron chi connectivity index (χ2n) is 4.23. The molecule has 1 aliphatic rings. The maximum absolute atomic E-state index is 11.5. The molecular formula is C13H13N3O. The highest BCUT2D eigenvalue weighted by molar-refractivity contribution is 5.91.